The summed E-state index contributed by atoms with van der Waals surface area (Å²) in [7, 11) is 1.26. The molecule has 0 atom stereocenters. The molecule has 0 unspecified atom stereocenters. The van der Waals surface area contributed by atoms with Crippen LogP contribution < -0.4 is 5.32 Å². The highest BCUT2D eigenvalue weighted by atomic mass is 32.2. The van der Waals surface area contributed by atoms with Crippen LogP contribution >= 0.6 is 0 Å². The van der Waals surface area contributed by atoms with E-state index in [9.17, 15) is 18.0 Å². The highest BCUT2D eigenvalue weighted by Crippen LogP contribution is 2.22. The molecular formula is C19H29N3O4S. The van der Waals surface area contributed by atoms with Gasteiger partial charge in [0.2, 0.25) is 5.91 Å². The van der Waals surface area contributed by atoms with E-state index in [2.05, 4.69) is 5.32 Å². The number of amides is 2. The molecule has 2 rings (SSSR count). The average molecular weight is 396 g/mol. The van der Waals surface area contributed by atoms with E-state index in [0.29, 0.717) is 11.5 Å². The number of piperidine rings is 1. The molecule has 2 amide bonds. The minimum Gasteiger partial charge on any atom is -0.348 e. The molecular weight excluding hydrogens is 366 g/mol. The Kier molecular flexibility index (Phi) is 7.38. The van der Waals surface area contributed by atoms with Gasteiger partial charge in [0.15, 0.2) is 9.84 Å². The minimum absolute atomic E-state index is 0.0556. The van der Waals surface area contributed by atoms with Crippen LogP contribution in [0, 0.1) is 5.92 Å². The van der Waals surface area contributed by atoms with Gasteiger partial charge >= 0.3 is 0 Å². The molecule has 150 valence electrons. The van der Waals surface area contributed by atoms with Crippen LogP contribution in [0.2, 0.25) is 0 Å². The summed E-state index contributed by atoms with van der Waals surface area (Å²) >= 11 is 0. The van der Waals surface area contributed by atoms with Gasteiger partial charge in [-0.25, -0.2) is 8.42 Å². The Labute approximate surface area is 161 Å². The zero-order chi connectivity index (χ0) is 20.0. The van der Waals surface area contributed by atoms with Crippen molar-refractivity contribution in [2.24, 2.45) is 5.92 Å². The summed E-state index contributed by atoms with van der Waals surface area (Å²) in [4.78, 5) is 27.5. The van der Waals surface area contributed by atoms with Gasteiger partial charge in [-0.15, -0.1) is 0 Å². The Morgan fingerprint density at radius 3 is 2.26 bits per heavy atom. The number of nitrogens with zero attached hydrogens (tertiary/aromatic N) is 2. The van der Waals surface area contributed by atoms with E-state index in [1.54, 1.807) is 0 Å². The van der Waals surface area contributed by atoms with Gasteiger partial charge in [0.1, 0.15) is 5.75 Å². The summed E-state index contributed by atoms with van der Waals surface area (Å²) in [6.45, 7) is 2.44. The second-order valence-corrected chi connectivity index (χ2v) is 9.19. The molecule has 1 aromatic rings. The summed E-state index contributed by atoms with van der Waals surface area (Å²) < 4.78 is 24.6. The maximum Gasteiger partial charge on any atom is 0.253 e. The molecule has 0 aromatic heterocycles. The number of benzene rings is 1. The highest BCUT2D eigenvalue weighted by Gasteiger charge is 2.24. The minimum atomic E-state index is -3.71. The van der Waals surface area contributed by atoms with Crippen molar-refractivity contribution in [2.75, 3.05) is 46.5 Å². The molecule has 0 spiro atoms. The fraction of sp³-hybridized carbons (Fsp3) is 0.579. The lowest BCUT2D eigenvalue weighted by Crippen LogP contribution is -2.39. The van der Waals surface area contributed by atoms with Crippen LogP contribution in [0.5, 0.6) is 0 Å². The first-order valence-electron chi connectivity index (χ1n) is 9.21. The van der Waals surface area contributed by atoms with E-state index < -0.39 is 21.5 Å². The molecule has 8 heteroatoms. The quantitative estimate of drug-likeness (QED) is 0.745. The van der Waals surface area contributed by atoms with E-state index in [0.717, 1.165) is 38.9 Å². The lowest BCUT2D eigenvalue weighted by atomic mass is 9.93. The normalized spacial score (nSPS) is 15.6. The van der Waals surface area contributed by atoms with Crippen LogP contribution in [0.15, 0.2) is 29.2 Å². The third-order valence-electron chi connectivity index (χ3n) is 4.98. The van der Waals surface area contributed by atoms with Crippen molar-refractivity contribution in [3.63, 3.8) is 0 Å². The average Bonchev–Trinajstić information content (AvgIpc) is 2.66. The Balaban J connectivity index is 1.99. The second-order valence-electron chi connectivity index (χ2n) is 7.20. The molecule has 1 N–H and O–H groups in total. The van der Waals surface area contributed by atoms with E-state index in [-0.39, 0.29) is 10.8 Å². The fourth-order valence-electron chi connectivity index (χ4n) is 3.14. The topological polar surface area (TPSA) is 86.8 Å². The predicted molar refractivity (Wildman–Crippen MR) is 104 cm³/mol. The van der Waals surface area contributed by atoms with E-state index >= 15 is 0 Å². The lowest BCUT2D eigenvalue weighted by molar-refractivity contribution is -0.125. The highest BCUT2D eigenvalue weighted by molar-refractivity contribution is 7.92. The zero-order valence-electron chi connectivity index (χ0n) is 16.3. The van der Waals surface area contributed by atoms with Crippen LogP contribution in [0.4, 0.5) is 0 Å². The first-order chi connectivity index (χ1) is 12.7. The Bertz CT molecular complexity index is 752. The number of hydrogen-bond acceptors (Lipinski definition) is 5. The van der Waals surface area contributed by atoms with Gasteiger partial charge in [-0.3, -0.25) is 9.59 Å². The van der Waals surface area contributed by atoms with Crippen LogP contribution in [0.3, 0.4) is 0 Å². The third-order valence-corrected chi connectivity index (χ3v) is 6.59. The Morgan fingerprint density at radius 1 is 1.15 bits per heavy atom. The van der Waals surface area contributed by atoms with E-state index in [4.69, 9.17) is 0 Å². The largest absolute Gasteiger partial charge is 0.348 e. The van der Waals surface area contributed by atoms with Crippen molar-refractivity contribution in [1.82, 2.24) is 15.1 Å². The Hall–Kier alpha value is -1.93. The third kappa shape index (κ3) is 5.77. The van der Waals surface area contributed by atoms with Gasteiger partial charge in [-0.2, -0.15) is 0 Å². The molecule has 1 aliphatic heterocycles. The molecule has 27 heavy (non-hydrogen) atoms. The van der Waals surface area contributed by atoms with Gasteiger partial charge < -0.3 is 15.1 Å². The lowest BCUT2D eigenvalue weighted by Gasteiger charge is -2.32. The number of nitrogens with one attached hydrogen (secondary N) is 1. The summed E-state index contributed by atoms with van der Waals surface area (Å²) in [5, 5.41) is 3.16. The maximum absolute atomic E-state index is 12.7. The number of likely N-dealkylation sites (tertiary alicyclic amines) is 1. The number of carbonyl (C=O) groups excluding carboxylic acids is 2. The van der Waals surface area contributed by atoms with Crippen LogP contribution in [-0.2, 0) is 14.6 Å². The smallest absolute Gasteiger partial charge is 0.253 e. The van der Waals surface area contributed by atoms with Crippen molar-refractivity contribution in [3.8, 4) is 0 Å². The number of rotatable bonds is 7. The van der Waals surface area contributed by atoms with Gasteiger partial charge in [-0.1, -0.05) is 0 Å². The summed E-state index contributed by atoms with van der Waals surface area (Å²) in [5.41, 5.74) is 0.474. The first-order valence-corrected chi connectivity index (χ1v) is 10.9. The molecule has 1 fully saturated rings. The maximum atomic E-state index is 12.7. The van der Waals surface area contributed by atoms with Gasteiger partial charge in [0.05, 0.1) is 4.90 Å². The molecule has 1 aromatic carbocycles. The van der Waals surface area contributed by atoms with Crippen molar-refractivity contribution >= 4 is 21.7 Å². The molecule has 1 heterocycles. The van der Waals surface area contributed by atoms with Crippen molar-refractivity contribution in [2.45, 2.75) is 24.2 Å². The monoisotopic (exact) mass is 395 g/mol. The van der Waals surface area contributed by atoms with E-state index in [1.165, 1.54) is 43.3 Å². The Morgan fingerprint density at radius 2 is 1.74 bits per heavy atom. The van der Waals surface area contributed by atoms with Gasteiger partial charge in [0, 0.05) is 32.7 Å². The van der Waals surface area contributed by atoms with Gasteiger partial charge in [-0.05, 0) is 63.0 Å². The number of sulfone groups is 1. The number of carbonyl (C=O) groups is 2. The van der Waals surface area contributed by atoms with Crippen molar-refractivity contribution < 1.29 is 18.0 Å². The molecule has 7 nitrogen and oxygen atoms in total. The summed E-state index contributed by atoms with van der Waals surface area (Å²) in [5.74, 6) is -0.483. The van der Waals surface area contributed by atoms with Gasteiger partial charge in [0.25, 0.3) is 5.91 Å². The zero-order valence-corrected chi connectivity index (χ0v) is 17.1. The predicted octanol–water partition coefficient (Wildman–Crippen LogP) is 1.01. The summed E-state index contributed by atoms with van der Waals surface area (Å²) in [6.07, 6.45) is 3.11. The van der Waals surface area contributed by atoms with Crippen LogP contribution in [0.25, 0.3) is 0 Å². The van der Waals surface area contributed by atoms with Crippen molar-refractivity contribution in [3.05, 3.63) is 29.8 Å². The molecule has 1 saturated heterocycles. The molecule has 0 radical (unpaired) electrons. The standard InChI is InChI=1S/C19H29N3O4S/c1-20-11-8-15-9-12-22(13-10-15)19(24)16-4-6-17(7-5-16)27(25,26)14-18(23)21(2)3/h4-7,15,20H,8-14H2,1-3H3. The SMILES string of the molecule is CNCCC1CCN(C(=O)c2ccc(S(=O)(=O)CC(=O)N(C)C)cc2)CC1. The molecule has 0 aliphatic carbocycles. The number of hydrogen-bond donors (Lipinski definition) is 1. The molecule has 1 aliphatic rings. The first kappa shape index (κ1) is 21.4. The van der Waals surface area contributed by atoms with Crippen molar-refractivity contribution in [1.29, 1.82) is 0 Å². The van der Waals surface area contributed by atoms with E-state index in [1.807, 2.05) is 11.9 Å². The molecule has 0 saturated carbocycles. The van der Waals surface area contributed by atoms with Crippen LogP contribution in [0.1, 0.15) is 29.6 Å². The summed E-state index contributed by atoms with van der Waals surface area (Å²) in [6, 6.07) is 5.88. The second kappa shape index (κ2) is 9.32. The van der Waals surface area contributed by atoms with Crippen LogP contribution in [-0.4, -0.2) is 76.6 Å². The fourth-order valence-corrected chi connectivity index (χ4v) is 4.44. The molecule has 0 bridgehead atoms.